The number of carbonyl (C=O) groups excluding carboxylic acids is 4. The van der Waals surface area contributed by atoms with E-state index in [1.54, 1.807) is 36.4 Å². The lowest BCUT2D eigenvalue weighted by atomic mass is 10.0. The van der Waals surface area contributed by atoms with Gasteiger partial charge in [0, 0.05) is 57.5 Å². The van der Waals surface area contributed by atoms with Gasteiger partial charge in [-0.25, -0.2) is 0 Å². The molecule has 3 rings (SSSR count). The van der Waals surface area contributed by atoms with Gasteiger partial charge in [0.15, 0.2) is 0 Å². The SMILES string of the molecule is O=C(O)CN(CC(=O)O)Cc1cc(-c2cccc(NC(=O)CCCCCNC(=O)CCCCCCCN3C(=O)CCC3=O)c2)cc(CN(CC(=O)O)CC(=O)O)n1. The summed E-state index contributed by atoms with van der Waals surface area (Å²) in [6, 6.07) is 10.1. The molecule has 1 saturated heterocycles. The van der Waals surface area contributed by atoms with Gasteiger partial charge in [0.1, 0.15) is 0 Å². The highest BCUT2D eigenvalue weighted by Gasteiger charge is 2.28. The van der Waals surface area contributed by atoms with Crippen LogP contribution in [0.25, 0.3) is 11.1 Å². The molecule has 0 unspecified atom stereocenters. The molecular formula is C39H52N6O12. The van der Waals surface area contributed by atoms with E-state index in [0.29, 0.717) is 62.0 Å². The monoisotopic (exact) mass is 796 g/mol. The number of imide groups is 1. The molecule has 1 aromatic heterocycles. The molecule has 4 amide bonds. The van der Waals surface area contributed by atoms with Gasteiger partial charge in [-0.3, -0.25) is 58.0 Å². The van der Waals surface area contributed by atoms with Gasteiger partial charge in [0.2, 0.25) is 23.6 Å². The highest BCUT2D eigenvalue weighted by atomic mass is 16.4. The van der Waals surface area contributed by atoms with Crippen LogP contribution in [0, 0.1) is 0 Å². The maximum absolute atomic E-state index is 12.8. The van der Waals surface area contributed by atoms with Crippen molar-refractivity contribution in [2.24, 2.45) is 0 Å². The zero-order chi connectivity index (χ0) is 41.7. The predicted octanol–water partition coefficient (Wildman–Crippen LogP) is 2.80. The van der Waals surface area contributed by atoms with Crippen molar-refractivity contribution >= 4 is 53.2 Å². The van der Waals surface area contributed by atoms with Crippen molar-refractivity contribution in [1.29, 1.82) is 0 Å². The number of carboxylic acids is 4. The number of unbranched alkanes of at least 4 members (excludes halogenated alkanes) is 6. The topological polar surface area (TPSA) is 264 Å². The molecule has 6 N–H and O–H groups in total. The normalized spacial score (nSPS) is 12.6. The number of amides is 4. The summed E-state index contributed by atoms with van der Waals surface area (Å²) in [5, 5.41) is 43.0. The Hall–Kier alpha value is -5.75. The number of pyridine rings is 1. The van der Waals surface area contributed by atoms with Crippen LogP contribution in [0.2, 0.25) is 0 Å². The van der Waals surface area contributed by atoms with Crippen molar-refractivity contribution in [1.82, 2.24) is 25.0 Å². The van der Waals surface area contributed by atoms with E-state index < -0.39 is 50.1 Å². The Morgan fingerprint density at radius 2 is 1.11 bits per heavy atom. The molecule has 310 valence electrons. The first-order valence-electron chi connectivity index (χ1n) is 19.0. The summed E-state index contributed by atoms with van der Waals surface area (Å²) in [4.78, 5) is 102. The third-order valence-electron chi connectivity index (χ3n) is 8.96. The third-order valence-corrected chi connectivity index (χ3v) is 8.96. The van der Waals surface area contributed by atoms with Crippen LogP contribution in [0.5, 0.6) is 0 Å². The summed E-state index contributed by atoms with van der Waals surface area (Å²) in [5.41, 5.74) is 2.15. The molecule has 0 radical (unpaired) electrons. The molecule has 2 heterocycles. The molecule has 0 atom stereocenters. The van der Waals surface area contributed by atoms with E-state index in [1.165, 1.54) is 4.90 Å². The number of rotatable bonds is 28. The molecule has 57 heavy (non-hydrogen) atoms. The Morgan fingerprint density at radius 3 is 1.65 bits per heavy atom. The molecule has 1 aromatic carbocycles. The van der Waals surface area contributed by atoms with Gasteiger partial charge in [-0.05, 0) is 61.1 Å². The number of anilines is 1. The fraction of sp³-hybridized carbons (Fsp3) is 0.513. The van der Waals surface area contributed by atoms with Crippen LogP contribution < -0.4 is 10.6 Å². The van der Waals surface area contributed by atoms with Crippen molar-refractivity contribution in [3.05, 3.63) is 47.8 Å². The van der Waals surface area contributed by atoms with Crippen molar-refractivity contribution in [3.8, 4) is 11.1 Å². The third kappa shape index (κ3) is 18.2. The first-order chi connectivity index (χ1) is 27.2. The van der Waals surface area contributed by atoms with E-state index in [4.69, 9.17) is 0 Å². The van der Waals surface area contributed by atoms with E-state index in [1.807, 2.05) is 0 Å². The van der Waals surface area contributed by atoms with Gasteiger partial charge in [-0.15, -0.1) is 0 Å². The molecule has 18 heteroatoms. The van der Waals surface area contributed by atoms with Crippen LogP contribution >= 0.6 is 0 Å². The first-order valence-corrected chi connectivity index (χ1v) is 19.0. The molecule has 0 saturated carbocycles. The van der Waals surface area contributed by atoms with Crippen molar-refractivity contribution in [2.45, 2.75) is 90.1 Å². The Morgan fingerprint density at radius 1 is 0.614 bits per heavy atom. The van der Waals surface area contributed by atoms with Gasteiger partial charge >= 0.3 is 23.9 Å². The van der Waals surface area contributed by atoms with Crippen LogP contribution in [-0.4, -0.2) is 127 Å². The quantitative estimate of drug-likeness (QED) is 0.0534. The zero-order valence-corrected chi connectivity index (χ0v) is 31.9. The Kier molecular flexibility index (Phi) is 19.2. The summed E-state index contributed by atoms with van der Waals surface area (Å²) in [7, 11) is 0. The number of carbonyl (C=O) groups is 8. The summed E-state index contributed by atoms with van der Waals surface area (Å²) in [5.74, 6) is -5.44. The molecule has 1 aliphatic heterocycles. The van der Waals surface area contributed by atoms with Gasteiger partial charge in [0.05, 0.1) is 37.6 Å². The molecule has 1 fully saturated rings. The predicted molar refractivity (Wildman–Crippen MR) is 205 cm³/mol. The zero-order valence-electron chi connectivity index (χ0n) is 31.9. The number of hydrogen-bond donors (Lipinski definition) is 6. The van der Waals surface area contributed by atoms with Gasteiger partial charge < -0.3 is 31.1 Å². The Bertz CT molecular complexity index is 1650. The van der Waals surface area contributed by atoms with Crippen molar-refractivity contribution < 1.29 is 58.8 Å². The van der Waals surface area contributed by atoms with E-state index in [0.717, 1.165) is 48.3 Å². The van der Waals surface area contributed by atoms with Gasteiger partial charge in [-0.2, -0.15) is 0 Å². The second-order valence-electron chi connectivity index (χ2n) is 14.0. The molecule has 1 aliphatic rings. The molecule has 18 nitrogen and oxygen atoms in total. The minimum Gasteiger partial charge on any atom is -0.480 e. The molecule has 0 aliphatic carbocycles. The maximum Gasteiger partial charge on any atom is 0.317 e. The molecule has 0 bridgehead atoms. The number of aliphatic carboxylic acids is 4. The summed E-state index contributed by atoms with van der Waals surface area (Å²) in [6.07, 6.45) is 7.56. The van der Waals surface area contributed by atoms with Gasteiger partial charge in [0.25, 0.3) is 0 Å². The molecule has 0 spiro atoms. The minimum atomic E-state index is -1.25. The van der Waals surface area contributed by atoms with Crippen LogP contribution in [0.4, 0.5) is 5.69 Å². The second kappa shape index (κ2) is 24.0. The van der Waals surface area contributed by atoms with E-state index >= 15 is 0 Å². The fourth-order valence-corrected chi connectivity index (χ4v) is 6.40. The van der Waals surface area contributed by atoms with Gasteiger partial charge in [-0.1, -0.05) is 37.8 Å². The average Bonchev–Trinajstić information content (AvgIpc) is 3.44. The number of likely N-dealkylation sites (tertiary alicyclic amines) is 1. The number of nitrogens with one attached hydrogen (secondary N) is 2. The number of hydrogen-bond acceptors (Lipinski definition) is 11. The summed E-state index contributed by atoms with van der Waals surface area (Å²) >= 11 is 0. The van der Waals surface area contributed by atoms with E-state index in [2.05, 4.69) is 15.6 Å². The van der Waals surface area contributed by atoms with Crippen LogP contribution in [0.15, 0.2) is 36.4 Å². The molecular weight excluding hydrogens is 744 g/mol. The number of nitrogens with zero attached hydrogens (tertiary/aromatic N) is 4. The van der Waals surface area contributed by atoms with Crippen LogP contribution in [0.1, 0.15) is 88.4 Å². The number of carboxylic acid groups (broad SMARTS) is 4. The fourth-order valence-electron chi connectivity index (χ4n) is 6.40. The lowest BCUT2D eigenvalue weighted by Gasteiger charge is -2.21. The minimum absolute atomic E-state index is 0.0231. The van der Waals surface area contributed by atoms with Crippen molar-refractivity contribution in [2.75, 3.05) is 44.6 Å². The first kappa shape index (κ1) is 45.6. The summed E-state index contributed by atoms with van der Waals surface area (Å²) in [6.45, 7) is -1.76. The lowest BCUT2D eigenvalue weighted by molar-refractivity contribution is -0.144. The highest BCUT2D eigenvalue weighted by molar-refractivity contribution is 6.01. The number of aromatic nitrogens is 1. The maximum atomic E-state index is 12.8. The van der Waals surface area contributed by atoms with Crippen LogP contribution in [-0.2, 0) is 51.4 Å². The standard InChI is InChI=1S/C39H52N6O12/c46-32(12-5-2-1-3-8-17-45-34(48)14-15-35(45)49)40-16-7-4-6-13-33(47)42-29-11-9-10-27(18-29)28-19-30(21-43(23-36(50)51)24-37(52)53)41-31(20-28)22-44(25-38(54)55)26-39(56)57/h9-11,18-20H,1-8,12-17,21-26H2,(H,40,46)(H,42,47)(H,50,51)(H,52,53)(H,54,55)(H,56,57). The average molecular weight is 797 g/mol. The van der Waals surface area contributed by atoms with E-state index in [-0.39, 0.29) is 54.5 Å². The largest absolute Gasteiger partial charge is 0.480 e. The Labute approximate surface area is 330 Å². The van der Waals surface area contributed by atoms with Crippen molar-refractivity contribution in [3.63, 3.8) is 0 Å². The molecule has 2 aromatic rings. The highest BCUT2D eigenvalue weighted by Crippen LogP contribution is 2.26. The smallest absolute Gasteiger partial charge is 0.317 e. The van der Waals surface area contributed by atoms with E-state index in [9.17, 15) is 58.8 Å². The summed E-state index contributed by atoms with van der Waals surface area (Å²) < 4.78 is 0. The number of benzene rings is 1. The lowest BCUT2D eigenvalue weighted by Crippen LogP contribution is -2.35. The second-order valence-corrected chi connectivity index (χ2v) is 14.0. The Balaban J connectivity index is 1.49. The van der Waals surface area contributed by atoms with Crippen LogP contribution in [0.3, 0.4) is 0 Å².